The van der Waals surface area contributed by atoms with Crippen molar-refractivity contribution in [3.63, 3.8) is 0 Å². The number of aromatic nitrogens is 4. The average Bonchev–Trinajstić information content (AvgIpc) is 3.08. The van der Waals surface area contributed by atoms with Gasteiger partial charge in [-0.25, -0.2) is 4.98 Å². The first-order valence-corrected chi connectivity index (χ1v) is 18.8. The first-order valence-electron chi connectivity index (χ1n) is 16.6. The highest BCUT2D eigenvalue weighted by Gasteiger charge is 2.34. The van der Waals surface area contributed by atoms with Gasteiger partial charge in [-0.1, -0.05) is 27.5 Å². The smallest absolute Gasteiger partial charge is 0.403 e. The summed E-state index contributed by atoms with van der Waals surface area (Å²) in [5, 5.41) is 7.47. The van der Waals surface area contributed by atoms with E-state index in [1.54, 1.807) is 30.7 Å². The van der Waals surface area contributed by atoms with Crippen LogP contribution in [0.15, 0.2) is 49.4 Å². The van der Waals surface area contributed by atoms with Gasteiger partial charge in [-0.2, -0.15) is 4.98 Å². The quantitative estimate of drug-likeness (QED) is 0.177. The molecule has 2 saturated heterocycles. The number of anilines is 5. The molecule has 0 saturated carbocycles. The van der Waals surface area contributed by atoms with Gasteiger partial charge in [-0.3, -0.25) is 14.9 Å². The van der Waals surface area contributed by atoms with E-state index in [4.69, 9.17) is 0 Å². The second-order valence-electron chi connectivity index (χ2n) is 12.7. The number of nitrogens with one attached hydrogen (secondary N) is 2. The molecule has 4 heterocycles. The van der Waals surface area contributed by atoms with Crippen LogP contribution in [-0.2, 0) is 6.42 Å². The summed E-state index contributed by atoms with van der Waals surface area (Å²) in [4.78, 5) is 25.2. The van der Waals surface area contributed by atoms with E-state index in [1.165, 1.54) is 6.07 Å². The minimum Gasteiger partial charge on any atom is -0.403 e. The van der Waals surface area contributed by atoms with Crippen LogP contribution in [0.25, 0.3) is 17.1 Å². The first-order chi connectivity index (χ1) is 23.5. The summed E-state index contributed by atoms with van der Waals surface area (Å²) in [7, 11) is 1.55. The number of hydrogen-bond acceptors (Lipinski definition) is 10. The van der Waals surface area contributed by atoms with E-state index in [2.05, 4.69) is 77.0 Å². The van der Waals surface area contributed by atoms with Crippen LogP contribution < -0.4 is 25.6 Å². The molecule has 14 heteroatoms. The monoisotopic (exact) mass is 693 g/mol. The van der Waals surface area contributed by atoms with Crippen molar-refractivity contribution in [1.29, 1.82) is 0 Å². The van der Waals surface area contributed by atoms with E-state index in [0.717, 1.165) is 85.4 Å². The van der Waals surface area contributed by atoms with E-state index in [0.29, 0.717) is 23.8 Å². The van der Waals surface area contributed by atoms with Gasteiger partial charge in [0, 0.05) is 92.2 Å². The zero-order valence-electron chi connectivity index (χ0n) is 28.4. The van der Waals surface area contributed by atoms with E-state index in [-0.39, 0.29) is 17.4 Å². The van der Waals surface area contributed by atoms with Crippen LogP contribution in [0.2, 0.25) is 0 Å². The van der Waals surface area contributed by atoms with Crippen molar-refractivity contribution in [1.82, 2.24) is 29.7 Å². The Labute approximate surface area is 286 Å². The molecule has 0 spiro atoms. The highest BCUT2D eigenvalue weighted by Crippen LogP contribution is 2.40. The highest BCUT2D eigenvalue weighted by molar-refractivity contribution is 7.65. The number of piperidine rings is 1. The van der Waals surface area contributed by atoms with Gasteiger partial charge >= 0.3 is 6.36 Å². The van der Waals surface area contributed by atoms with Gasteiger partial charge in [0.2, 0.25) is 5.95 Å². The predicted molar refractivity (Wildman–Crippen MR) is 193 cm³/mol. The Kier molecular flexibility index (Phi) is 10.5. The van der Waals surface area contributed by atoms with Crippen molar-refractivity contribution in [2.24, 2.45) is 0 Å². The molecule has 0 aliphatic carbocycles. The zero-order chi connectivity index (χ0) is 34.7. The fourth-order valence-electron chi connectivity index (χ4n) is 6.68. The van der Waals surface area contributed by atoms with Gasteiger partial charge in [-0.15, -0.1) is 13.2 Å². The number of halogens is 3. The normalized spacial score (nSPS) is 16.7. The van der Waals surface area contributed by atoms with E-state index < -0.39 is 14.3 Å². The van der Waals surface area contributed by atoms with Crippen molar-refractivity contribution in [2.45, 2.75) is 38.6 Å². The summed E-state index contributed by atoms with van der Waals surface area (Å²) in [5.74, 6) is 0.229. The van der Waals surface area contributed by atoms with Gasteiger partial charge in [0.05, 0.1) is 16.7 Å². The molecule has 2 aliphatic heterocycles. The fraction of sp³-hybridized carbons (Fsp3) is 0.429. The van der Waals surface area contributed by atoms with Gasteiger partial charge in [-0.05, 0) is 63.4 Å². The number of ether oxygens (including phenoxy) is 1. The number of hydrogen-bond donors (Lipinski definition) is 2. The molecule has 2 aromatic carbocycles. The summed E-state index contributed by atoms with van der Waals surface area (Å²) in [5.41, 5.74) is 4.85. The van der Waals surface area contributed by atoms with Crippen LogP contribution in [-0.4, -0.2) is 102 Å². The summed E-state index contributed by atoms with van der Waals surface area (Å²) in [6, 6.07) is 7.55. The summed E-state index contributed by atoms with van der Waals surface area (Å²) in [6.07, 6.45) is 4.21. The molecule has 2 aromatic heterocycles. The molecule has 0 atom stereocenters. The third kappa shape index (κ3) is 8.06. The molecule has 10 nitrogen and oxygen atoms in total. The number of likely N-dealkylation sites (N-methyl/N-ethyl adjacent to an activating group) is 1. The lowest BCUT2D eigenvalue weighted by molar-refractivity contribution is -0.274. The molecule has 2 N–H and O–H groups in total. The maximum Gasteiger partial charge on any atom is 0.573 e. The van der Waals surface area contributed by atoms with Crippen LogP contribution in [0.5, 0.6) is 5.75 Å². The van der Waals surface area contributed by atoms with E-state index >= 15 is 0 Å². The molecule has 0 radical (unpaired) electrons. The average molecular weight is 694 g/mol. The number of nitrogens with zero attached hydrogens (tertiary/aromatic N) is 7. The van der Waals surface area contributed by atoms with Crippen LogP contribution in [0.4, 0.5) is 42.0 Å². The zero-order valence-corrected chi connectivity index (χ0v) is 29.3. The van der Waals surface area contributed by atoms with E-state index in [1.807, 2.05) is 19.1 Å². The maximum atomic E-state index is 13.8. The van der Waals surface area contributed by atoms with Gasteiger partial charge in [0.1, 0.15) is 5.82 Å². The van der Waals surface area contributed by atoms with Crippen molar-refractivity contribution in [3.05, 3.63) is 60.6 Å². The third-order valence-corrected chi connectivity index (χ3v) is 10.6. The molecule has 0 amide bonds. The Morgan fingerprint density at radius 3 is 2.39 bits per heavy atom. The number of fused-ring (bicyclic) bond motifs is 1. The second kappa shape index (κ2) is 14.8. The molecule has 49 heavy (non-hydrogen) atoms. The Bertz CT molecular complexity index is 1790. The minimum atomic E-state index is -4.88. The molecule has 4 aromatic rings. The standard InChI is InChI=1S/C35H43F3N9OP/c1-6-23-20-28(30(48-35(36,37)38)21-29(23)47-14-10-25(11-15-47)46-18-16-45(3)17-19-46)43-34-41-22-24(7-2)33(44-34)42-27-9-8-26-31(32(27)49(4)5)40-13-12-39-26/h7-9,12-13,20-22,25H,2,6,10-11,14-19H2,1,3-5H3,(H2,41,42,43,44). The summed E-state index contributed by atoms with van der Waals surface area (Å²) in [6.45, 7) is 15.9. The fourth-order valence-corrected chi connectivity index (χ4v) is 7.89. The Morgan fingerprint density at radius 1 is 0.980 bits per heavy atom. The minimum absolute atomic E-state index is 0.111. The molecule has 6 rings (SSSR count). The Hall–Kier alpha value is -4.06. The molecule has 0 bridgehead atoms. The maximum absolute atomic E-state index is 13.8. The van der Waals surface area contributed by atoms with Gasteiger partial charge in [0.15, 0.2) is 5.75 Å². The van der Waals surface area contributed by atoms with Gasteiger partial charge in [0.25, 0.3) is 0 Å². The molecule has 260 valence electrons. The molecule has 2 fully saturated rings. The van der Waals surface area contributed by atoms with Crippen molar-refractivity contribution >= 4 is 59.2 Å². The first kappa shape index (κ1) is 34.8. The topological polar surface area (TPSA) is 94.6 Å². The van der Waals surface area contributed by atoms with Crippen LogP contribution >= 0.6 is 7.92 Å². The highest BCUT2D eigenvalue weighted by atomic mass is 31.1. The molecule has 2 aliphatic rings. The molecular formula is C35H43F3N9OP. The summed E-state index contributed by atoms with van der Waals surface area (Å²) < 4.78 is 46.0. The Balaban J connectivity index is 1.28. The lowest BCUT2D eigenvalue weighted by Gasteiger charge is -2.43. The third-order valence-electron chi connectivity index (χ3n) is 9.24. The van der Waals surface area contributed by atoms with Crippen LogP contribution in [0.3, 0.4) is 0 Å². The molecule has 0 unspecified atom stereocenters. The van der Waals surface area contributed by atoms with Crippen LogP contribution in [0, 0.1) is 0 Å². The van der Waals surface area contributed by atoms with Crippen LogP contribution in [0.1, 0.15) is 30.9 Å². The predicted octanol–water partition coefficient (Wildman–Crippen LogP) is 6.59. The summed E-state index contributed by atoms with van der Waals surface area (Å²) >= 11 is 0. The second-order valence-corrected chi connectivity index (χ2v) is 14.9. The number of piperazine rings is 1. The lowest BCUT2D eigenvalue weighted by atomic mass is 9.99. The number of alkyl halides is 3. The SMILES string of the molecule is C=Cc1cnc(Nc2cc(CC)c(N3CCC(N4CCN(C)CC4)CC3)cc2OC(F)(F)F)nc1Nc1ccc2nccnc2c1P(C)C. The van der Waals surface area contributed by atoms with Gasteiger partial charge < -0.3 is 25.2 Å². The Morgan fingerprint density at radius 2 is 1.71 bits per heavy atom. The number of benzene rings is 2. The lowest BCUT2D eigenvalue weighted by Crippen LogP contribution is -2.52. The van der Waals surface area contributed by atoms with Crippen molar-refractivity contribution < 1.29 is 17.9 Å². The molecular weight excluding hydrogens is 650 g/mol. The van der Waals surface area contributed by atoms with Crippen molar-refractivity contribution in [3.8, 4) is 5.75 Å². The van der Waals surface area contributed by atoms with E-state index in [9.17, 15) is 13.2 Å². The number of rotatable bonds is 10. The van der Waals surface area contributed by atoms with Crippen molar-refractivity contribution in [2.75, 3.05) is 75.2 Å². The largest absolute Gasteiger partial charge is 0.573 e. The number of aryl methyl sites for hydroxylation is 1.